The first-order valence-electron chi connectivity index (χ1n) is 12.6. The molecular formula is C28H33ClN8O3. The highest BCUT2D eigenvalue weighted by molar-refractivity contribution is 6.28. The second-order valence-corrected chi connectivity index (χ2v) is 7.50. The van der Waals surface area contributed by atoms with Gasteiger partial charge < -0.3 is 15.3 Å². The van der Waals surface area contributed by atoms with E-state index in [0.717, 1.165) is 0 Å². The van der Waals surface area contributed by atoms with E-state index in [1.54, 1.807) is 43.3 Å². The molecule has 1 heterocycles. The van der Waals surface area contributed by atoms with E-state index in [9.17, 15) is 5.11 Å². The van der Waals surface area contributed by atoms with E-state index in [1.165, 1.54) is 13.2 Å². The summed E-state index contributed by atoms with van der Waals surface area (Å²) in [7, 11) is 1.39. The number of phenolic OH excluding ortho intramolecular Hbond substituents is 1. The number of nitrogens with one attached hydrogen (secondary N) is 2. The summed E-state index contributed by atoms with van der Waals surface area (Å²) >= 11 is 5.92. The van der Waals surface area contributed by atoms with E-state index < -0.39 is 0 Å². The first-order chi connectivity index (χ1) is 19.5. The monoisotopic (exact) mass is 564 g/mol. The molecule has 0 saturated carbocycles. The van der Waals surface area contributed by atoms with E-state index in [0.29, 0.717) is 34.2 Å². The van der Waals surface area contributed by atoms with Crippen LogP contribution in [0, 0.1) is 6.92 Å². The highest BCUT2D eigenvalue weighted by Gasteiger charge is 2.10. The molecule has 0 amide bonds. The van der Waals surface area contributed by atoms with E-state index >= 15 is 0 Å². The molecule has 12 heteroatoms. The minimum atomic E-state index is 0.00940. The Bertz CT molecular complexity index is 1380. The van der Waals surface area contributed by atoms with Crippen LogP contribution < -0.4 is 15.6 Å². The summed E-state index contributed by atoms with van der Waals surface area (Å²) in [4.78, 5) is 22.4. The molecule has 0 aliphatic rings. The van der Waals surface area contributed by atoms with Gasteiger partial charge in [0.25, 0.3) is 0 Å². The summed E-state index contributed by atoms with van der Waals surface area (Å²) in [5.41, 5.74) is 5.05. The average Bonchev–Trinajstić information content (AvgIpc) is 2.97. The Balaban J connectivity index is 0.00000134. The van der Waals surface area contributed by atoms with Crippen molar-refractivity contribution in [1.82, 2.24) is 15.0 Å². The van der Waals surface area contributed by atoms with Gasteiger partial charge in [-0.1, -0.05) is 70.2 Å². The van der Waals surface area contributed by atoms with Gasteiger partial charge >= 0.3 is 0 Å². The molecule has 0 aliphatic heterocycles. The molecular weight excluding hydrogens is 532 g/mol. The van der Waals surface area contributed by atoms with E-state index in [4.69, 9.17) is 21.4 Å². The molecule has 0 spiro atoms. The number of nitrogens with zero attached hydrogens (tertiary/aromatic N) is 6. The molecule has 3 aromatic carbocycles. The fourth-order valence-corrected chi connectivity index (χ4v) is 3.18. The molecule has 0 aliphatic carbocycles. The largest absolute Gasteiger partial charge is 0.506 e. The summed E-state index contributed by atoms with van der Waals surface area (Å²) in [6.45, 7) is 9.71. The lowest BCUT2D eigenvalue weighted by molar-refractivity contribution is -0.177. The average molecular weight is 565 g/mol. The van der Waals surface area contributed by atoms with Gasteiger partial charge in [0.15, 0.2) is 5.75 Å². The Hall–Kier alpha value is -4.61. The number of para-hydroxylation sites is 1. The van der Waals surface area contributed by atoms with Gasteiger partial charge in [-0.2, -0.15) is 20.0 Å². The van der Waals surface area contributed by atoms with Gasteiger partial charge in [0.1, 0.15) is 22.9 Å². The van der Waals surface area contributed by atoms with Crippen LogP contribution in [-0.4, -0.2) is 33.0 Å². The number of azo groups is 1. The molecule has 0 radical (unpaired) electrons. The molecule has 0 bridgehead atoms. The molecule has 40 heavy (non-hydrogen) atoms. The van der Waals surface area contributed by atoms with Gasteiger partial charge in [0.05, 0.1) is 7.11 Å². The number of rotatable bonds is 8. The lowest BCUT2D eigenvalue weighted by atomic mass is 10.2. The number of hydrazone groups is 1. The SMILES string of the molecule is CC.CC.COOc1cc(Nc2nc(C)nc(Cl)n2)ccc1N/N=C(/N=Nc1ccccc1O)c1ccccc1. The Morgan fingerprint density at radius 3 is 2.27 bits per heavy atom. The number of benzene rings is 3. The van der Waals surface area contributed by atoms with E-state index in [-0.39, 0.29) is 22.8 Å². The lowest BCUT2D eigenvalue weighted by Gasteiger charge is -2.11. The molecule has 0 atom stereocenters. The number of anilines is 3. The van der Waals surface area contributed by atoms with Crippen LogP contribution in [0.5, 0.6) is 11.5 Å². The summed E-state index contributed by atoms with van der Waals surface area (Å²) in [6.07, 6.45) is 0. The first-order valence-corrected chi connectivity index (χ1v) is 13.0. The Kier molecular flexibility index (Phi) is 13.5. The van der Waals surface area contributed by atoms with Crippen molar-refractivity contribution in [3.63, 3.8) is 0 Å². The molecule has 4 aromatic rings. The zero-order valence-corrected chi connectivity index (χ0v) is 24.0. The van der Waals surface area contributed by atoms with Crippen LogP contribution in [-0.2, 0) is 4.89 Å². The predicted octanol–water partition coefficient (Wildman–Crippen LogP) is 7.83. The summed E-state index contributed by atoms with van der Waals surface area (Å²) in [5.74, 6) is 1.37. The van der Waals surface area contributed by atoms with Crippen molar-refractivity contribution in [2.75, 3.05) is 17.9 Å². The van der Waals surface area contributed by atoms with Gasteiger partial charge in [-0.15, -0.1) is 10.2 Å². The second kappa shape index (κ2) is 17.1. The molecule has 0 saturated heterocycles. The third-order valence-electron chi connectivity index (χ3n) is 4.58. The van der Waals surface area contributed by atoms with Gasteiger partial charge in [0.2, 0.25) is 17.1 Å². The number of aromatic hydroxyl groups is 1. The zero-order valence-electron chi connectivity index (χ0n) is 23.3. The Morgan fingerprint density at radius 1 is 0.900 bits per heavy atom. The van der Waals surface area contributed by atoms with Crippen LogP contribution in [0.15, 0.2) is 88.1 Å². The lowest BCUT2D eigenvalue weighted by Crippen LogP contribution is -2.04. The maximum Gasteiger partial charge on any atom is 0.231 e. The van der Waals surface area contributed by atoms with Crippen LogP contribution in [0.1, 0.15) is 39.1 Å². The Labute approximate surface area is 238 Å². The van der Waals surface area contributed by atoms with Crippen LogP contribution >= 0.6 is 11.6 Å². The Morgan fingerprint density at radius 2 is 1.60 bits per heavy atom. The van der Waals surface area contributed by atoms with Crippen molar-refractivity contribution in [2.24, 2.45) is 15.3 Å². The van der Waals surface area contributed by atoms with Crippen LogP contribution in [0.25, 0.3) is 0 Å². The number of aryl methyl sites for hydroxylation is 1. The number of hydrogen-bond donors (Lipinski definition) is 3. The third-order valence-corrected chi connectivity index (χ3v) is 4.75. The van der Waals surface area contributed by atoms with Gasteiger partial charge in [-0.25, -0.2) is 4.98 Å². The molecule has 1 aromatic heterocycles. The maximum atomic E-state index is 9.99. The van der Waals surface area contributed by atoms with Crippen molar-refractivity contribution in [3.05, 3.63) is 89.5 Å². The van der Waals surface area contributed by atoms with Crippen molar-refractivity contribution < 1.29 is 14.9 Å². The van der Waals surface area contributed by atoms with Crippen molar-refractivity contribution >= 4 is 40.4 Å². The number of amidine groups is 1. The van der Waals surface area contributed by atoms with Crippen molar-refractivity contribution in [2.45, 2.75) is 34.6 Å². The molecule has 3 N–H and O–H groups in total. The zero-order chi connectivity index (χ0) is 29.3. The van der Waals surface area contributed by atoms with Crippen LogP contribution in [0.2, 0.25) is 5.28 Å². The number of hydrogen-bond acceptors (Lipinski definition) is 10. The minimum absolute atomic E-state index is 0.00940. The quantitative estimate of drug-likeness (QED) is 0.0646. The van der Waals surface area contributed by atoms with Crippen LogP contribution in [0.4, 0.5) is 23.0 Å². The number of halogens is 1. The predicted molar refractivity (Wildman–Crippen MR) is 159 cm³/mol. The van der Waals surface area contributed by atoms with Crippen LogP contribution in [0.3, 0.4) is 0 Å². The topological polar surface area (TPSA) is 138 Å². The molecule has 4 rings (SSSR count). The summed E-state index contributed by atoms with van der Waals surface area (Å²) in [6, 6.07) is 21.1. The molecule has 210 valence electrons. The second-order valence-electron chi connectivity index (χ2n) is 7.16. The third kappa shape index (κ3) is 9.61. The fourth-order valence-electron chi connectivity index (χ4n) is 2.98. The number of aromatic nitrogens is 3. The summed E-state index contributed by atoms with van der Waals surface area (Å²) in [5, 5.41) is 25.9. The molecule has 0 unspecified atom stereocenters. The first kappa shape index (κ1) is 31.6. The summed E-state index contributed by atoms with van der Waals surface area (Å²) < 4.78 is 0. The van der Waals surface area contributed by atoms with Gasteiger partial charge in [-0.3, -0.25) is 5.43 Å². The van der Waals surface area contributed by atoms with Crippen molar-refractivity contribution in [3.8, 4) is 11.5 Å². The highest BCUT2D eigenvalue weighted by atomic mass is 35.5. The van der Waals surface area contributed by atoms with Gasteiger partial charge in [0, 0.05) is 17.3 Å². The maximum absolute atomic E-state index is 9.99. The highest BCUT2D eigenvalue weighted by Crippen LogP contribution is 2.30. The van der Waals surface area contributed by atoms with Gasteiger partial charge in [-0.05, 0) is 42.8 Å². The molecule has 0 fully saturated rings. The number of phenols is 1. The standard InChI is InChI=1S/C24H21ClN8O3.2C2H6/c1-15-26-23(25)29-24(27-15)28-17-12-13-19(21(14-17)36-35-2)31-33-22(16-8-4-3-5-9-16)32-30-18-10-6-7-11-20(18)34;2*1-2/h3-14,31,34H,1-2H3,(H,26,27,28,29);2*1-2H3/b32-30?,33-22+;;. The van der Waals surface area contributed by atoms with Crippen molar-refractivity contribution in [1.29, 1.82) is 0 Å². The minimum Gasteiger partial charge on any atom is -0.506 e. The normalized spacial score (nSPS) is 10.6. The van der Waals surface area contributed by atoms with E-state index in [2.05, 4.69) is 41.0 Å². The smallest absolute Gasteiger partial charge is 0.231 e. The fraction of sp³-hybridized carbons (Fsp3) is 0.214. The molecule has 11 nitrogen and oxygen atoms in total. The van der Waals surface area contributed by atoms with E-state index in [1.807, 2.05) is 58.0 Å².